The Morgan fingerprint density at radius 1 is 1.42 bits per heavy atom. The molecule has 1 unspecified atom stereocenters. The summed E-state index contributed by atoms with van der Waals surface area (Å²) >= 11 is 0. The molecule has 0 spiro atoms. The Morgan fingerprint density at radius 2 is 2.11 bits per heavy atom. The molecule has 1 fully saturated rings. The van der Waals surface area contributed by atoms with Gasteiger partial charge in [0.1, 0.15) is 6.07 Å². The number of nitrogens with zero attached hydrogens (tertiary/aromatic N) is 2. The van der Waals surface area contributed by atoms with Crippen molar-refractivity contribution in [3.63, 3.8) is 0 Å². The van der Waals surface area contributed by atoms with Gasteiger partial charge in [-0.15, -0.1) is 0 Å². The zero-order valence-corrected chi connectivity index (χ0v) is 11.5. The van der Waals surface area contributed by atoms with E-state index in [4.69, 9.17) is 5.26 Å². The van der Waals surface area contributed by atoms with Crippen molar-refractivity contribution < 1.29 is 13.5 Å². The van der Waals surface area contributed by atoms with Gasteiger partial charge in [-0.05, 0) is 31.9 Å². The van der Waals surface area contributed by atoms with Crippen LogP contribution in [0.25, 0.3) is 0 Å². The predicted molar refractivity (Wildman–Crippen MR) is 69.8 cm³/mol. The third-order valence-electron chi connectivity index (χ3n) is 3.27. The van der Waals surface area contributed by atoms with E-state index in [1.165, 1.54) is 16.4 Å². The highest BCUT2D eigenvalue weighted by atomic mass is 32.2. The second-order valence-corrected chi connectivity index (χ2v) is 6.95. The molecule has 1 aliphatic heterocycles. The maximum atomic E-state index is 12.5. The van der Waals surface area contributed by atoms with Crippen LogP contribution >= 0.6 is 0 Å². The van der Waals surface area contributed by atoms with Gasteiger partial charge in [0.2, 0.25) is 10.0 Å². The Labute approximate surface area is 113 Å². The van der Waals surface area contributed by atoms with Crippen LogP contribution in [0.1, 0.15) is 25.3 Å². The van der Waals surface area contributed by atoms with E-state index >= 15 is 0 Å². The quantitative estimate of drug-likeness (QED) is 0.879. The predicted octanol–water partition coefficient (Wildman–Crippen LogP) is 1.09. The van der Waals surface area contributed by atoms with Crippen molar-refractivity contribution in [3.05, 3.63) is 29.8 Å². The largest absolute Gasteiger partial charge is 0.389 e. The number of sulfonamides is 1. The van der Waals surface area contributed by atoms with Gasteiger partial charge >= 0.3 is 0 Å². The molecular weight excluding hydrogens is 264 g/mol. The van der Waals surface area contributed by atoms with E-state index in [2.05, 4.69) is 0 Å². The zero-order chi connectivity index (χ0) is 14.1. The first-order valence-corrected chi connectivity index (χ1v) is 7.52. The summed E-state index contributed by atoms with van der Waals surface area (Å²) < 4.78 is 26.3. The topological polar surface area (TPSA) is 81.4 Å². The normalized spacial score (nSPS) is 24.9. The lowest BCUT2D eigenvalue weighted by Crippen LogP contribution is -2.48. The summed E-state index contributed by atoms with van der Waals surface area (Å²) in [5.74, 6) is 0. The van der Waals surface area contributed by atoms with Crippen LogP contribution in [0.5, 0.6) is 0 Å². The van der Waals surface area contributed by atoms with Crippen LogP contribution in [0, 0.1) is 11.3 Å². The number of β-amino-alcohol motifs (C(OH)–C–C–N with tert-alkyl or cyclic N) is 1. The molecule has 0 aliphatic carbocycles. The van der Waals surface area contributed by atoms with Gasteiger partial charge in [-0.2, -0.15) is 9.57 Å². The van der Waals surface area contributed by atoms with E-state index in [9.17, 15) is 13.5 Å². The molecule has 0 amide bonds. The monoisotopic (exact) mass is 280 g/mol. The van der Waals surface area contributed by atoms with Crippen molar-refractivity contribution in [3.8, 4) is 6.07 Å². The lowest BCUT2D eigenvalue weighted by molar-refractivity contribution is 0.00939. The molecule has 1 N–H and O–H groups in total. The maximum Gasteiger partial charge on any atom is 0.244 e. The van der Waals surface area contributed by atoms with Gasteiger partial charge in [-0.1, -0.05) is 12.1 Å². The average molecular weight is 280 g/mol. The lowest BCUT2D eigenvalue weighted by atomic mass is 9.97. The third-order valence-corrected chi connectivity index (χ3v) is 5.17. The summed E-state index contributed by atoms with van der Waals surface area (Å²) in [4.78, 5) is 0.00944. The molecule has 5 nitrogen and oxygen atoms in total. The van der Waals surface area contributed by atoms with Gasteiger partial charge in [-0.25, -0.2) is 8.42 Å². The molecule has 2 rings (SSSR count). The van der Waals surface area contributed by atoms with Crippen molar-refractivity contribution in [2.75, 3.05) is 13.1 Å². The molecule has 19 heavy (non-hydrogen) atoms. The number of nitriles is 1. The highest BCUT2D eigenvalue weighted by molar-refractivity contribution is 7.89. The smallest absolute Gasteiger partial charge is 0.244 e. The molecule has 1 heterocycles. The van der Waals surface area contributed by atoms with Crippen molar-refractivity contribution in [2.45, 2.75) is 30.3 Å². The molecule has 0 saturated carbocycles. The molecule has 0 bridgehead atoms. The fourth-order valence-corrected chi connectivity index (χ4v) is 4.04. The Kier molecular flexibility index (Phi) is 3.63. The molecule has 1 aromatic carbocycles. The minimum absolute atomic E-state index is 0.00944. The minimum atomic E-state index is -3.72. The van der Waals surface area contributed by atoms with E-state index in [1.54, 1.807) is 19.1 Å². The van der Waals surface area contributed by atoms with E-state index < -0.39 is 15.6 Å². The third kappa shape index (κ3) is 2.78. The molecular formula is C13H16N2O3S. The van der Waals surface area contributed by atoms with Crippen LogP contribution in [0.2, 0.25) is 0 Å². The van der Waals surface area contributed by atoms with Crippen molar-refractivity contribution in [2.24, 2.45) is 0 Å². The Morgan fingerprint density at radius 3 is 2.74 bits per heavy atom. The molecule has 0 radical (unpaired) electrons. The summed E-state index contributed by atoms with van der Waals surface area (Å²) in [5, 5.41) is 19.0. The van der Waals surface area contributed by atoms with E-state index in [-0.39, 0.29) is 17.0 Å². The SMILES string of the molecule is CC1(O)CCCN(S(=O)(=O)c2ccccc2C#N)C1. The number of rotatable bonds is 2. The maximum absolute atomic E-state index is 12.5. The fourth-order valence-electron chi connectivity index (χ4n) is 2.30. The van der Waals surface area contributed by atoms with E-state index in [0.29, 0.717) is 19.4 Å². The van der Waals surface area contributed by atoms with Gasteiger partial charge in [0, 0.05) is 13.1 Å². The molecule has 102 valence electrons. The second-order valence-electron chi connectivity index (χ2n) is 5.05. The first kappa shape index (κ1) is 14.0. The van der Waals surface area contributed by atoms with Crippen LogP contribution in [0.4, 0.5) is 0 Å². The Balaban J connectivity index is 2.40. The molecule has 1 aromatic rings. The number of piperidine rings is 1. The van der Waals surface area contributed by atoms with Crippen LogP contribution in [0.3, 0.4) is 0 Å². The van der Waals surface area contributed by atoms with Gasteiger partial charge < -0.3 is 5.11 Å². The fraction of sp³-hybridized carbons (Fsp3) is 0.462. The van der Waals surface area contributed by atoms with Gasteiger partial charge in [0.25, 0.3) is 0 Å². The summed E-state index contributed by atoms with van der Waals surface area (Å²) in [6.07, 6.45) is 1.19. The van der Waals surface area contributed by atoms with Crippen LogP contribution in [-0.4, -0.2) is 36.5 Å². The Hall–Kier alpha value is -1.42. The minimum Gasteiger partial charge on any atom is -0.389 e. The van der Waals surface area contributed by atoms with E-state index in [1.807, 2.05) is 6.07 Å². The number of hydrogen-bond donors (Lipinski definition) is 1. The van der Waals surface area contributed by atoms with Gasteiger partial charge in [0.15, 0.2) is 0 Å². The van der Waals surface area contributed by atoms with E-state index in [0.717, 1.165) is 0 Å². The zero-order valence-electron chi connectivity index (χ0n) is 10.7. The number of aliphatic hydroxyl groups is 1. The summed E-state index contributed by atoms with van der Waals surface area (Å²) in [6.45, 7) is 2.07. The van der Waals surface area contributed by atoms with Crippen molar-refractivity contribution in [1.29, 1.82) is 5.26 Å². The molecule has 1 saturated heterocycles. The summed E-state index contributed by atoms with van der Waals surface area (Å²) in [7, 11) is -3.72. The highest BCUT2D eigenvalue weighted by Crippen LogP contribution is 2.27. The standard InChI is InChI=1S/C13H16N2O3S/c1-13(16)7-4-8-15(10-13)19(17,18)12-6-3-2-5-11(12)9-14/h2-3,5-6,16H,4,7-8,10H2,1H3. The lowest BCUT2D eigenvalue weighted by Gasteiger charge is -2.36. The average Bonchev–Trinajstić information content (AvgIpc) is 2.37. The summed E-state index contributed by atoms with van der Waals surface area (Å²) in [6, 6.07) is 8.02. The van der Waals surface area contributed by atoms with Crippen LogP contribution < -0.4 is 0 Å². The molecule has 1 atom stereocenters. The number of hydrogen-bond acceptors (Lipinski definition) is 4. The molecule has 0 aromatic heterocycles. The van der Waals surface area contributed by atoms with Gasteiger partial charge in [0.05, 0.1) is 16.1 Å². The highest BCUT2D eigenvalue weighted by Gasteiger charge is 2.36. The molecule has 1 aliphatic rings. The molecule has 6 heteroatoms. The van der Waals surface area contributed by atoms with Crippen LogP contribution in [-0.2, 0) is 10.0 Å². The number of benzene rings is 1. The first-order chi connectivity index (χ1) is 8.87. The van der Waals surface area contributed by atoms with Crippen molar-refractivity contribution >= 4 is 10.0 Å². The van der Waals surface area contributed by atoms with Crippen molar-refractivity contribution in [1.82, 2.24) is 4.31 Å². The van der Waals surface area contributed by atoms with Crippen LogP contribution in [0.15, 0.2) is 29.2 Å². The Bertz CT molecular complexity index is 617. The second kappa shape index (κ2) is 4.93. The first-order valence-electron chi connectivity index (χ1n) is 6.08. The van der Waals surface area contributed by atoms with Gasteiger partial charge in [-0.3, -0.25) is 0 Å². The summed E-state index contributed by atoms with van der Waals surface area (Å²) in [5.41, 5.74) is -0.875.